The third-order valence-electron chi connectivity index (χ3n) is 2.03. The minimum Gasteiger partial charge on any atom is -0.323 e. The van der Waals surface area contributed by atoms with Crippen LogP contribution in [0.3, 0.4) is 0 Å². The van der Waals surface area contributed by atoms with Crippen LogP contribution in [0.25, 0.3) is 0 Å². The summed E-state index contributed by atoms with van der Waals surface area (Å²) in [5.41, 5.74) is 0.514. The molecule has 1 aliphatic heterocycles. The molecular formula is C9H10FN3OS. The van der Waals surface area contributed by atoms with Crippen LogP contribution >= 0.6 is 11.8 Å². The first-order valence-electron chi connectivity index (χ1n) is 4.49. The first-order valence-corrected chi connectivity index (χ1v) is 5.65. The first-order chi connectivity index (χ1) is 7.25. The topological polar surface area (TPSA) is 54.0 Å². The molecule has 1 atom stereocenters. The monoisotopic (exact) mass is 227 g/mol. The molecular weight excluding hydrogens is 217 g/mol. The minimum absolute atomic E-state index is 0.103. The number of hydrogen-bond donors (Lipinski definition) is 2. The molecule has 0 spiro atoms. The fourth-order valence-corrected chi connectivity index (χ4v) is 2.18. The highest BCUT2D eigenvalue weighted by Crippen LogP contribution is 2.12. The van der Waals surface area contributed by atoms with Crippen molar-refractivity contribution >= 4 is 23.4 Å². The molecule has 4 nitrogen and oxygen atoms in total. The molecule has 1 unspecified atom stereocenters. The van der Waals surface area contributed by atoms with E-state index < -0.39 is 5.95 Å². The Bertz CT molecular complexity index is 351. The Labute approximate surface area is 90.7 Å². The lowest BCUT2D eigenvalue weighted by atomic mass is 10.3. The fraction of sp³-hybridized carbons (Fsp3) is 0.333. The summed E-state index contributed by atoms with van der Waals surface area (Å²) in [6.07, 6.45) is 1.30. The summed E-state index contributed by atoms with van der Waals surface area (Å²) in [6, 6.07) is 2.54. The van der Waals surface area contributed by atoms with Crippen LogP contribution in [0.5, 0.6) is 0 Å². The smallest absolute Gasteiger partial charge is 0.242 e. The number of nitrogens with zero attached hydrogens (tertiary/aromatic N) is 1. The van der Waals surface area contributed by atoms with Crippen molar-refractivity contribution in [3.05, 3.63) is 24.3 Å². The molecule has 2 rings (SSSR count). The zero-order chi connectivity index (χ0) is 10.7. The lowest BCUT2D eigenvalue weighted by Gasteiger charge is -2.09. The van der Waals surface area contributed by atoms with Gasteiger partial charge in [-0.2, -0.15) is 4.39 Å². The summed E-state index contributed by atoms with van der Waals surface area (Å²) < 4.78 is 12.5. The number of nitrogens with one attached hydrogen (secondary N) is 2. The molecule has 1 aliphatic rings. The molecule has 0 radical (unpaired) electrons. The van der Waals surface area contributed by atoms with E-state index in [1.54, 1.807) is 11.8 Å². The van der Waals surface area contributed by atoms with Crippen LogP contribution in [0.2, 0.25) is 0 Å². The van der Waals surface area contributed by atoms with Gasteiger partial charge < -0.3 is 5.32 Å². The number of hydrogen-bond acceptors (Lipinski definition) is 4. The molecule has 1 aromatic heterocycles. The summed E-state index contributed by atoms with van der Waals surface area (Å²) >= 11 is 1.68. The molecule has 2 N–H and O–H groups in total. The predicted molar refractivity (Wildman–Crippen MR) is 57.1 cm³/mol. The highest BCUT2D eigenvalue weighted by Gasteiger charge is 2.22. The number of rotatable bonds is 2. The van der Waals surface area contributed by atoms with E-state index in [1.807, 2.05) is 0 Å². The van der Waals surface area contributed by atoms with Crippen molar-refractivity contribution in [2.45, 2.75) is 6.04 Å². The maximum Gasteiger partial charge on any atom is 0.242 e. The lowest BCUT2D eigenvalue weighted by molar-refractivity contribution is -0.117. The SMILES string of the molecule is O=C(Nc1ccc(F)nc1)C1CSCN1. The molecule has 1 amide bonds. The van der Waals surface area contributed by atoms with E-state index in [0.717, 1.165) is 11.6 Å². The summed E-state index contributed by atoms with van der Waals surface area (Å²) in [5.74, 6) is 0.899. The van der Waals surface area contributed by atoms with Gasteiger partial charge in [-0.25, -0.2) is 4.98 Å². The fourth-order valence-electron chi connectivity index (χ4n) is 1.24. The lowest BCUT2D eigenvalue weighted by Crippen LogP contribution is -2.37. The van der Waals surface area contributed by atoms with Crippen LogP contribution in [0.4, 0.5) is 10.1 Å². The normalized spacial score (nSPS) is 20.2. The van der Waals surface area contributed by atoms with Gasteiger partial charge in [0.25, 0.3) is 0 Å². The maximum absolute atomic E-state index is 12.5. The van der Waals surface area contributed by atoms with E-state index in [9.17, 15) is 9.18 Å². The maximum atomic E-state index is 12.5. The van der Waals surface area contributed by atoms with E-state index in [-0.39, 0.29) is 11.9 Å². The Morgan fingerprint density at radius 3 is 3.13 bits per heavy atom. The number of pyridine rings is 1. The molecule has 80 valence electrons. The number of halogens is 1. The number of thioether (sulfide) groups is 1. The van der Waals surface area contributed by atoms with E-state index in [0.29, 0.717) is 5.69 Å². The third-order valence-corrected chi connectivity index (χ3v) is 2.97. The highest BCUT2D eigenvalue weighted by atomic mass is 32.2. The second kappa shape index (κ2) is 4.59. The molecule has 15 heavy (non-hydrogen) atoms. The van der Waals surface area contributed by atoms with Gasteiger partial charge in [0.1, 0.15) is 0 Å². The Kier molecular flexibility index (Phi) is 3.17. The van der Waals surface area contributed by atoms with Crippen molar-refractivity contribution in [3.63, 3.8) is 0 Å². The number of aromatic nitrogens is 1. The molecule has 0 aliphatic carbocycles. The van der Waals surface area contributed by atoms with Gasteiger partial charge in [0.15, 0.2) is 0 Å². The molecule has 1 aromatic rings. The average Bonchev–Trinajstić information content (AvgIpc) is 2.74. The Balaban J connectivity index is 1.96. The van der Waals surface area contributed by atoms with Gasteiger partial charge in [-0.15, -0.1) is 11.8 Å². The van der Waals surface area contributed by atoms with Crippen molar-refractivity contribution < 1.29 is 9.18 Å². The number of carbonyl (C=O) groups is 1. The van der Waals surface area contributed by atoms with Crippen LogP contribution in [0.15, 0.2) is 18.3 Å². The second-order valence-corrected chi connectivity index (χ2v) is 4.16. The standard InChI is InChI=1S/C9H10FN3OS/c10-8-2-1-6(3-11-8)13-9(14)7-4-15-5-12-7/h1-3,7,12H,4-5H2,(H,13,14). The quantitative estimate of drug-likeness (QED) is 0.734. The zero-order valence-electron chi connectivity index (χ0n) is 7.87. The van der Waals surface area contributed by atoms with Crippen molar-refractivity contribution in [1.29, 1.82) is 0 Å². The highest BCUT2D eigenvalue weighted by molar-refractivity contribution is 7.99. The Hall–Kier alpha value is -1.14. The van der Waals surface area contributed by atoms with Crippen LogP contribution in [0.1, 0.15) is 0 Å². The predicted octanol–water partition coefficient (Wildman–Crippen LogP) is 0.822. The van der Waals surface area contributed by atoms with E-state index in [1.165, 1.54) is 18.3 Å². The van der Waals surface area contributed by atoms with Gasteiger partial charge in [-0.3, -0.25) is 10.1 Å². The number of carbonyl (C=O) groups excluding carboxylic acids is 1. The van der Waals surface area contributed by atoms with E-state index in [2.05, 4.69) is 15.6 Å². The van der Waals surface area contributed by atoms with Crippen molar-refractivity contribution in [2.24, 2.45) is 0 Å². The Morgan fingerprint density at radius 2 is 2.53 bits per heavy atom. The minimum atomic E-state index is -0.553. The first kappa shape index (κ1) is 10.4. The van der Waals surface area contributed by atoms with Crippen molar-refractivity contribution in [3.8, 4) is 0 Å². The summed E-state index contributed by atoms with van der Waals surface area (Å²) in [6.45, 7) is 0. The van der Waals surface area contributed by atoms with Crippen LogP contribution < -0.4 is 10.6 Å². The van der Waals surface area contributed by atoms with E-state index >= 15 is 0 Å². The number of amides is 1. The number of anilines is 1. The summed E-state index contributed by atoms with van der Waals surface area (Å²) in [5, 5.41) is 5.71. The largest absolute Gasteiger partial charge is 0.323 e. The van der Waals surface area contributed by atoms with Gasteiger partial charge in [0, 0.05) is 11.6 Å². The van der Waals surface area contributed by atoms with Gasteiger partial charge in [0.05, 0.1) is 17.9 Å². The Morgan fingerprint density at radius 1 is 1.67 bits per heavy atom. The van der Waals surface area contributed by atoms with Crippen LogP contribution in [0, 0.1) is 5.95 Å². The molecule has 0 aromatic carbocycles. The summed E-state index contributed by atoms with van der Waals surface area (Å²) in [4.78, 5) is 15.0. The second-order valence-electron chi connectivity index (χ2n) is 3.13. The molecule has 1 saturated heterocycles. The van der Waals surface area contributed by atoms with Crippen LogP contribution in [-0.4, -0.2) is 28.6 Å². The average molecular weight is 227 g/mol. The molecule has 1 fully saturated rings. The molecule has 6 heteroatoms. The van der Waals surface area contributed by atoms with Crippen molar-refractivity contribution in [2.75, 3.05) is 16.9 Å². The summed E-state index contributed by atoms with van der Waals surface area (Å²) in [7, 11) is 0. The van der Waals surface area contributed by atoms with Gasteiger partial charge >= 0.3 is 0 Å². The van der Waals surface area contributed by atoms with Gasteiger partial charge in [-0.1, -0.05) is 0 Å². The van der Waals surface area contributed by atoms with E-state index in [4.69, 9.17) is 0 Å². The molecule has 0 saturated carbocycles. The molecule has 2 heterocycles. The van der Waals surface area contributed by atoms with Gasteiger partial charge in [0.2, 0.25) is 11.9 Å². The van der Waals surface area contributed by atoms with Crippen molar-refractivity contribution in [1.82, 2.24) is 10.3 Å². The van der Waals surface area contributed by atoms with Crippen LogP contribution in [-0.2, 0) is 4.79 Å². The van der Waals surface area contributed by atoms with Gasteiger partial charge in [-0.05, 0) is 12.1 Å². The molecule has 0 bridgehead atoms. The zero-order valence-corrected chi connectivity index (χ0v) is 8.68. The third kappa shape index (κ3) is 2.66.